The summed E-state index contributed by atoms with van der Waals surface area (Å²) in [6, 6.07) is 10.8. The van der Waals surface area contributed by atoms with Gasteiger partial charge in [-0.25, -0.2) is 4.99 Å². The lowest BCUT2D eigenvalue weighted by Crippen LogP contribution is -2.31. The number of hydrogen-bond donors (Lipinski definition) is 1. The van der Waals surface area contributed by atoms with Crippen LogP contribution in [0.3, 0.4) is 0 Å². The lowest BCUT2D eigenvalue weighted by atomic mass is 10.0. The lowest BCUT2D eigenvalue weighted by molar-refractivity contribution is -0.112. The predicted octanol–water partition coefficient (Wildman–Crippen LogP) is 5.34. The highest BCUT2D eigenvalue weighted by atomic mass is 35.5. The van der Waals surface area contributed by atoms with E-state index in [1.54, 1.807) is 31.2 Å². The van der Waals surface area contributed by atoms with Crippen molar-refractivity contribution < 1.29 is 19.1 Å². The molecule has 0 aliphatic heterocycles. The number of aliphatic imine (C=N–C) groups is 1. The highest BCUT2D eigenvalue weighted by molar-refractivity contribution is 6.49. The second kappa shape index (κ2) is 11.2. The minimum Gasteiger partial charge on any atom is -0.497 e. The van der Waals surface area contributed by atoms with Crippen LogP contribution in [0.4, 0.5) is 11.4 Å². The van der Waals surface area contributed by atoms with E-state index in [9.17, 15) is 9.59 Å². The number of anilines is 1. The molecule has 0 saturated heterocycles. The number of hydrogen-bond acceptors (Lipinski definition) is 6. The van der Waals surface area contributed by atoms with Crippen LogP contribution in [-0.2, 0) is 4.79 Å². The number of halogens is 1. The van der Waals surface area contributed by atoms with E-state index in [2.05, 4.69) is 30.1 Å². The van der Waals surface area contributed by atoms with E-state index in [-0.39, 0.29) is 16.3 Å². The van der Waals surface area contributed by atoms with Gasteiger partial charge in [0, 0.05) is 30.4 Å². The first-order valence-electron chi connectivity index (χ1n) is 11.3. The largest absolute Gasteiger partial charge is 0.497 e. The number of rotatable bonds is 8. The normalized spacial score (nSPS) is 14.7. The Hall–Kier alpha value is -3.58. The van der Waals surface area contributed by atoms with Gasteiger partial charge in [-0.05, 0) is 75.2 Å². The van der Waals surface area contributed by atoms with Gasteiger partial charge < -0.3 is 19.7 Å². The fourth-order valence-corrected chi connectivity index (χ4v) is 3.93. The molecule has 0 atom stereocenters. The average molecular weight is 496 g/mol. The van der Waals surface area contributed by atoms with Gasteiger partial charge in [-0.2, -0.15) is 0 Å². The van der Waals surface area contributed by atoms with Crippen LogP contribution >= 0.6 is 11.6 Å². The number of nitrogens with zero attached hydrogens (tertiary/aromatic N) is 2. The Kier molecular flexibility index (Phi) is 8.35. The van der Waals surface area contributed by atoms with Crippen molar-refractivity contribution in [2.75, 3.05) is 32.2 Å². The maximum Gasteiger partial charge on any atom is 0.256 e. The molecular weight excluding hydrogens is 466 g/mol. The first kappa shape index (κ1) is 26.0. The number of methoxy groups -OCH3 is 2. The van der Waals surface area contributed by atoms with Gasteiger partial charge in [0.05, 0.1) is 36.3 Å². The van der Waals surface area contributed by atoms with Crippen LogP contribution in [0, 0.1) is 6.92 Å². The van der Waals surface area contributed by atoms with E-state index in [0.29, 0.717) is 22.8 Å². The molecule has 2 aromatic rings. The molecule has 184 valence electrons. The number of carbonyl (C=O) groups excluding carboxylic acids is 2. The van der Waals surface area contributed by atoms with Gasteiger partial charge in [0.1, 0.15) is 11.5 Å². The fraction of sp³-hybridized carbons (Fsp3) is 0.296. The van der Waals surface area contributed by atoms with E-state index in [0.717, 1.165) is 30.0 Å². The van der Waals surface area contributed by atoms with Crippen molar-refractivity contribution in [1.29, 1.82) is 0 Å². The van der Waals surface area contributed by atoms with Crippen molar-refractivity contribution in [2.45, 2.75) is 27.7 Å². The summed E-state index contributed by atoms with van der Waals surface area (Å²) in [5, 5.41) is 2.68. The number of aryl methyl sites for hydroxylation is 1. The highest BCUT2D eigenvalue weighted by Gasteiger charge is 2.26. The molecule has 35 heavy (non-hydrogen) atoms. The first-order chi connectivity index (χ1) is 16.7. The second-order valence-corrected chi connectivity index (χ2v) is 8.40. The summed E-state index contributed by atoms with van der Waals surface area (Å²) in [4.78, 5) is 32.8. The Morgan fingerprint density at radius 3 is 2.20 bits per heavy atom. The molecule has 0 saturated carbocycles. The van der Waals surface area contributed by atoms with Gasteiger partial charge in [-0.15, -0.1) is 0 Å². The second-order valence-electron chi connectivity index (χ2n) is 8.02. The van der Waals surface area contributed by atoms with Crippen molar-refractivity contribution in [3.05, 3.63) is 69.9 Å². The molecule has 2 aromatic carbocycles. The minimum atomic E-state index is -0.495. The molecule has 1 aliphatic rings. The summed E-state index contributed by atoms with van der Waals surface area (Å²) < 4.78 is 10.5. The Morgan fingerprint density at radius 1 is 1.03 bits per heavy atom. The molecule has 0 fully saturated rings. The highest BCUT2D eigenvalue weighted by Crippen LogP contribution is 2.29. The SMILES string of the molecule is CCN(CC)c1ccc(N=C2C=C(NC(=O)c3cc(OC)cc(OC)c3)C(=O)C(Cl)=C2C)c(C)c1. The Morgan fingerprint density at radius 2 is 1.66 bits per heavy atom. The summed E-state index contributed by atoms with van der Waals surface area (Å²) in [6.07, 6.45) is 1.55. The van der Waals surface area contributed by atoms with Gasteiger partial charge in [0.15, 0.2) is 0 Å². The van der Waals surface area contributed by atoms with E-state index in [4.69, 9.17) is 26.1 Å². The van der Waals surface area contributed by atoms with Crippen molar-refractivity contribution in [3.63, 3.8) is 0 Å². The van der Waals surface area contributed by atoms with E-state index >= 15 is 0 Å². The molecule has 3 rings (SSSR count). The van der Waals surface area contributed by atoms with Crippen LogP contribution in [0.15, 0.2) is 63.8 Å². The van der Waals surface area contributed by atoms with Crippen LogP contribution in [0.2, 0.25) is 0 Å². The monoisotopic (exact) mass is 495 g/mol. The number of carbonyl (C=O) groups is 2. The number of nitrogens with one attached hydrogen (secondary N) is 1. The summed E-state index contributed by atoms with van der Waals surface area (Å²) in [5.41, 5.74) is 4.25. The third-order valence-corrected chi connectivity index (χ3v) is 6.31. The van der Waals surface area contributed by atoms with Crippen molar-refractivity contribution in [1.82, 2.24) is 5.32 Å². The maximum absolute atomic E-state index is 12.9. The van der Waals surface area contributed by atoms with Gasteiger partial charge >= 0.3 is 0 Å². The zero-order chi connectivity index (χ0) is 25.7. The standard InChI is InChI=1S/C27H30ClN3O4/c1-7-31(8-2)19-9-10-22(16(3)11-19)29-23-15-24(26(32)25(28)17(23)4)30-27(33)18-12-20(34-5)14-21(13-18)35-6/h9-15H,7-8H2,1-6H3,(H,30,33). The summed E-state index contributed by atoms with van der Waals surface area (Å²) in [6.45, 7) is 9.78. The topological polar surface area (TPSA) is 80.2 Å². The zero-order valence-corrected chi connectivity index (χ0v) is 21.6. The number of amides is 1. The Bertz CT molecular complexity index is 1220. The molecule has 0 radical (unpaired) electrons. The predicted molar refractivity (Wildman–Crippen MR) is 140 cm³/mol. The number of allylic oxidation sites excluding steroid dienone is 3. The van der Waals surface area contributed by atoms with Crippen molar-refractivity contribution in [3.8, 4) is 11.5 Å². The van der Waals surface area contributed by atoms with Gasteiger partial charge in [0.25, 0.3) is 5.91 Å². The number of ketones is 1. The molecule has 0 spiro atoms. The number of benzene rings is 2. The molecule has 1 amide bonds. The lowest BCUT2D eigenvalue weighted by Gasteiger charge is -2.22. The van der Waals surface area contributed by atoms with Crippen LogP contribution in [0.25, 0.3) is 0 Å². The molecule has 1 aliphatic carbocycles. The van der Waals surface area contributed by atoms with E-state index in [1.165, 1.54) is 14.2 Å². The van der Waals surface area contributed by atoms with Crippen LogP contribution < -0.4 is 19.7 Å². The molecular formula is C27H30ClN3O4. The van der Waals surface area contributed by atoms with Crippen molar-refractivity contribution in [2.24, 2.45) is 4.99 Å². The molecule has 0 unspecified atom stereocenters. The van der Waals surface area contributed by atoms with Crippen LogP contribution in [0.5, 0.6) is 11.5 Å². The quantitative estimate of drug-likeness (QED) is 0.500. The molecule has 7 nitrogen and oxygen atoms in total. The molecule has 0 bridgehead atoms. The third-order valence-electron chi connectivity index (χ3n) is 5.85. The van der Waals surface area contributed by atoms with E-state index < -0.39 is 11.7 Å². The third kappa shape index (κ3) is 5.74. The van der Waals surface area contributed by atoms with Gasteiger partial charge in [-0.1, -0.05) is 11.6 Å². The number of ether oxygens (including phenoxy) is 2. The average Bonchev–Trinajstić information content (AvgIpc) is 2.87. The molecule has 0 aromatic heterocycles. The summed E-state index contributed by atoms with van der Waals surface area (Å²) in [5.74, 6) is -0.0546. The van der Waals surface area contributed by atoms with Crippen LogP contribution in [0.1, 0.15) is 36.7 Å². The maximum atomic E-state index is 12.9. The van der Waals surface area contributed by atoms with Crippen molar-refractivity contribution >= 4 is 40.4 Å². The zero-order valence-electron chi connectivity index (χ0n) is 20.9. The van der Waals surface area contributed by atoms with E-state index in [1.807, 2.05) is 19.1 Å². The molecule has 0 heterocycles. The Balaban J connectivity index is 1.95. The summed E-state index contributed by atoms with van der Waals surface area (Å²) in [7, 11) is 2.99. The Labute approximate surface area is 211 Å². The molecule has 1 N–H and O–H groups in total. The number of Topliss-reactive ketones (excluding diaryl/α,β-unsaturated/α-hetero) is 1. The molecule has 8 heteroatoms. The fourth-order valence-electron chi connectivity index (χ4n) is 3.73. The minimum absolute atomic E-state index is 0.0159. The van der Waals surface area contributed by atoms with Crippen LogP contribution in [-0.4, -0.2) is 44.7 Å². The smallest absolute Gasteiger partial charge is 0.256 e. The van der Waals surface area contributed by atoms with Gasteiger partial charge in [0.2, 0.25) is 5.78 Å². The first-order valence-corrected chi connectivity index (χ1v) is 11.7. The summed E-state index contributed by atoms with van der Waals surface area (Å²) >= 11 is 6.35. The van der Waals surface area contributed by atoms with Gasteiger partial charge in [-0.3, -0.25) is 9.59 Å².